The minimum Gasteiger partial charge on any atom is -0.496 e. The first-order valence-corrected chi connectivity index (χ1v) is 11.8. The molecule has 0 saturated heterocycles. The molecule has 2 amide bonds. The van der Waals surface area contributed by atoms with Crippen LogP contribution in [0.3, 0.4) is 0 Å². The van der Waals surface area contributed by atoms with E-state index in [0.29, 0.717) is 23.0 Å². The number of nitrogens with one attached hydrogen (secondary N) is 1. The minimum absolute atomic E-state index is 0.192. The largest absolute Gasteiger partial charge is 0.496 e. The molecule has 178 valence electrons. The van der Waals surface area contributed by atoms with Gasteiger partial charge in [0.15, 0.2) is 0 Å². The SMILES string of the molecule is COc1ccccc1CNC(=O)[C@@]1(C)Cn2c(cc3ccccc32)C(=O)N1Cc1cccc(Cl)c1. The van der Waals surface area contributed by atoms with Crippen LogP contribution in [0.1, 0.15) is 28.5 Å². The van der Waals surface area contributed by atoms with Crippen molar-refractivity contribution in [3.8, 4) is 5.75 Å². The molecule has 0 fully saturated rings. The van der Waals surface area contributed by atoms with Gasteiger partial charge in [0.25, 0.3) is 5.91 Å². The number of para-hydroxylation sites is 2. The van der Waals surface area contributed by atoms with Gasteiger partial charge in [0, 0.05) is 34.6 Å². The first kappa shape index (κ1) is 23.0. The number of fused-ring (bicyclic) bond motifs is 3. The van der Waals surface area contributed by atoms with E-state index in [4.69, 9.17) is 16.3 Å². The molecule has 1 atom stereocenters. The summed E-state index contributed by atoms with van der Waals surface area (Å²) >= 11 is 6.21. The van der Waals surface area contributed by atoms with Crippen LogP contribution in [-0.2, 0) is 24.4 Å². The normalized spacial score (nSPS) is 17.3. The van der Waals surface area contributed by atoms with Crippen molar-refractivity contribution < 1.29 is 14.3 Å². The van der Waals surface area contributed by atoms with Crippen LogP contribution < -0.4 is 10.1 Å². The van der Waals surface area contributed by atoms with Gasteiger partial charge in [-0.05, 0) is 42.8 Å². The van der Waals surface area contributed by atoms with Crippen LogP contribution in [0.15, 0.2) is 78.9 Å². The summed E-state index contributed by atoms with van der Waals surface area (Å²) in [4.78, 5) is 29.3. The molecule has 2 heterocycles. The predicted octanol–water partition coefficient (Wildman–Crippen LogP) is 5.03. The Morgan fingerprint density at radius 2 is 1.83 bits per heavy atom. The average molecular weight is 488 g/mol. The molecule has 1 aliphatic heterocycles. The quantitative estimate of drug-likeness (QED) is 0.414. The molecule has 0 unspecified atom stereocenters. The van der Waals surface area contributed by atoms with Gasteiger partial charge < -0.3 is 19.5 Å². The van der Waals surface area contributed by atoms with Crippen LogP contribution in [0.4, 0.5) is 0 Å². The minimum atomic E-state index is -1.13. The highest BCUT2D eigenvalue weighted by atomic mass is 35.5. The predicted molar refractivity (Wildman–Crippen MR) is 137 cm³/mol. The summed E-state index contributed by atoms with van der Waals surface area (Å²) in [6.07, 6.45) is 0. The van der Waals surface area contributed by atoms with Gasteiger partial charge >= 0.3 is 0 Å². The van der Waals surface area contributed by atoms with Gasteiger partial charge in [-0.1, -0.05) is 60.1 Å². The Hall–Kier alpha value is -3.77. The molecule has 5 rings (SSSR count). The number of methoxy groups -OCH3 is 1. The van der Waals surface area contributed by atoms with Crippen molar-refractivity contribution in [1.29, 1.82) is 0 Å². The van der Waals surface area contributed by atoms with Gasteiger partial charge in [-0.2, -0.15) is 0 Å². The summed E-state index contributed by atoms with van der Waals surface area (Å²) in [5.41, 5.74) is 2.10. The van der Waals surface area contributed by atoms with E-state index in [9.17, 15) is 9.59 Å². The van der Waals surface area contributed by atoms with E-state index < -0.39 is 5.54 Å². The van der Waals surface area contributed by atoms with Crippen molar-refractivity contribution in [2.24, 2.45) is 0 Å². The summed E-state index contributed by atoms with van der Waals surface area (Å²) in [6.45, 7) is 2.71. The standard InChI is InChI=1S/C28H26ClN3O3/c1-28(27(34)30-16-21-10-4-6-13-25(21)35-2)18-31-23-12-5-3-9-20(23)15-24(31)26(33)32(28)17-19-8-7-11-22(29)14-19/h3-15H,16-18H2,1-2H3,(H,30,34)/t28-/m1/s1. The second-order valence-corrected chi connectivity index (χ2v) is 9.40. The van der Waals surface area contributed by atoms with Crippen LogP contribution in [0, 0.1) is 0 Å². The molecule has 6 nitrogen and oxygen atoms in total. The molecule has 0 spiro atoms. The van der Waals surface area contributed by atoms with Crippen molar-refractivity contribution in [3.63, 3.8) is 0 Å². The van der Waals surface area contributed by atoms with Crippen molar-refractivity contribution >= 4 is 34.3 Å². The van der Waals surface area contributed by atoms with Gasteiger partial charge in [0.1, 0.15) is 17.0 Å². The molecule has 3 aromatic carbocycles. The summed E-state index contributed by atoms with van der Waals surface area (Å²) in [6, 6.07) is 24.7. The van der Waals surface area contributed by atoms with Gasteiger partial charge in [-0.15, -0.1) is 0 Å². The summed E-state index contributed by atoms with van der Waals surface area (Å²) < 4.78 is 7.38. The highest BCUT2D eigenvalue weighted by Gasteiger charge is 2.47. The van der Waals surface area contributed by atoms with E-state index in [1.54, 1.807) is 18.1 Å². The van der Waals surface area contributed by atoms with Crippen LogP contribution >= 0.6 is 11.6 Å². The van der Waals surface area contributed by atoms with Crippen molar-refractivity contribution in [3.05, 3.63) is 101 Å². The zero-order chi connectivity index (χ0) is 24.6. The highest BCUT2D eigenvalue weighted by molar-refractivity contribution is 6.30. The lowest BCUT2D eigenvalue weighted by Gasteiger charge is -2.44. The zero-order valence-corrected chi connectivity index (χ0v) is 20.4. The van der Waals surface area contributed by atoms with E-state index in [1.165, 1.54) is 0 Å². The fraction of sp³-hybridized carbons (Fsp3) is 0.214. The molecule has 1 aromatic heterocycles. The second kappa shape index (κ2) is 9.12. The summed E-state index contributed by atoms with van der Waals surface area (Å²) in [5, 5.41) is 4.61. The zero-order valence-electron chi connectivity index (χ0n) is 19.6. The molecule has 1 aliphatic rings. The average Bonchev–Trinajstić information content (AvgIpc) is 3.23. The number of nitrogens with zero attached hydrogens (tertiary/aromatic N) is 2. The van der Waals surface area contributed by atoms with Gasteiger partial charge in [-0.3, -0.25) is 9.59 Å². The number of carbonyl (C=O) groups is 2. The Balaban J connectivity index is 1.53. The summed E-state index contributed by atoms with van der Waals surface area (Å²) in [5.74, 6) is 0.275. The molecule has 4 aromatic rings. The van der Waals surface area contributed by atoms with Crippen LogP contribution in [0.25, 0.3) is 10.9 Å². The maximum Gasteiger partial charge on any atom is 0.271 e. The van der Waals surface area contributed by atoms with Crippen molar-refractivity contribution in [2.75, 3.05) is 7.11 Å². The lowest BCUT2D eigenvalue weighted by Crippen LogP contribution is -2.63. The van der Waals surface area contributed by atoms with Gasteiger partial charge in [0.2, 0.25) is 5.91 Å². The topological polar surface area (TPSA) is 63.6 Å². The Morgan fingerprint density at radius 1 is 1.06 bits per heavy atom. The Labute approximate surface area is 209 Å². The number of amides is 2. The Bertz CT molecular complexity index is 1430. The fourth-order valence-corrected chi connectivity index (χ4v) is 5.00. The monoisotopic (exact) mass is 487 g/mol. The van der Waals surface area contributed by atoms with E-state index in [2.05, 4.69) is 5.32 Å². The number of ether oxygens (including phenoxy) is 1. The summed E-state index contributed by atoms with van der Waals surface area (Å²) in [7, 11) is 1.60. The first-order chi connectivity index (χ1) is 16.9. The maximum atomic E-state index is 13.8. The van der Waals surface area contributed by atoms with Crippen LogP contribution in [0.2, 0.25) is 5.02 Å². The number of benzene rings is 3. The Morgan fingerprint density at radius 3 is 2.63 bits per heavy atom. The molecule has 35 heavy (non-hydrogen) atoms. The number of carbonyl (C=O) groups excluding carboxylic acids is 2. The number of rotatable bonds is 6. The molecule has 0 saturated carbocycles. The molecular weight excluding hydrogens is 462 g/mol. The van der Waals surface area contributed by atoms with Crippen molar-refractivity contribution in [2.45, 2.75) is 32.1 Å². The fourth-order valence-electron chi connectivity index (χ4n) is 4.79. The molecule has 0 radical (unpaired) electrons. The number of aromatic nitrogens is 1. The number of hydrogen-bond acceptors (Lipinski definition) is 3. The van der Waals surface area contributed by atoms with Crippen LogP contribution in [-0.4, -0.2) is 33.9 Å². The molecule has 7 heteroatoms. The van der Waals surface area contributed by atoms with Gasteiger partial charge in [-0.25, -0.2) is 0 Å². The third-order valence-corrected chi connectivity index (χ3v) is 6.92. The smallest absolute Gasteiger partial charge is 0.271 e. The molecule has 1 N–H and O–H groups in total. The van der Waals surface area contributed by atoms with Crippen LogP contribution in [0.5, 0.6) is 5.75 Å². The second-order valence-electron chi connectivity index (χ2n) is 8.96. The lowest BCUT2D eigenvalue weighted by molar-refractivity contribution is -0.133. The number of halogens is 1. The number of hydrogen-bond donors (Lipinski definition) is 1. The van der Waals surface area contributed by atoms with E-state index in [-0.39, 0.29) is 24.9 Å². The lowest BCUT2D eigenvalue weighted by atomic mass is 9.93. The first-order valence-electron chi connectivity index (χ1n) is 11.5. The maximum absolute atomic E-state index is 13.8. The van der Waals surface area contributed by atoms with E-state index in [1.807, 2.05) is 84.3 Å². The highest BCUT2D eigenvalue weighted by Crippen LogP contribution is 2.34. The van der Waals surface area contributed by atoms with E-state index in [0.717, 1.165) is 22.0 Å². The molecular formula is C28H26ClN3O3. The Kier molecular flexibility index (Phi) is 5.99. The van der Waals surface area contributed by atoms with Crippen molar-refractivity contribution in [1.82, 2.24) is 14.8 Å². The van der Waals surface area contributed by atoms with E-state index >= 15 is 0 Å². The molecule has 0 aliphatic carbocycles. The third-order valence-electron chi connectivity index (χ3n) is 6.69. The third kappa shape index (κ3) is 4.15. The molecule has 0 bridgehead atoms. The van der Waals surface area contributed by atoms with Gasteiger partial charge in [0.05, 0.1) is 13.7 Å².